The zero-order valence-electron chi connectivity index (χ0n) is 9.37. The highest BCUT2D eigenvalue weighted by Gasteiger charge is 2.13. The molecule has 2 rings (SSSR count). The van der Waals surface area contributed by atoms with E-state index in [0.29, 0.717) is 11.7 Å². The molecule has 0 unspecified atom stereocenters. The van der Waals surface area contributed by atoms with Crippen molar-refractivity contribution in [2.45, 2.75) is 13.5 Å². The first kappa shape index (κ1) is 11.2. The second-order valence-electron chi connectivity index (χ2n) is 3.80. The Hall–Kier alpha value is -1.32. The summed E-state index contributed by atoms with van der Waals surface area (Å²) in [4.78, 5) is 4.45. The van der Waals surface area contributed by atoms with E-state index >= 15 is 0 Å². The third-order valence-electron chi connectivity index (χ3n) is 2.59. The first-order valence-electron chi connectivity index (χ1n) is 5.11. The molecule has 0 saturated carbocycles. The average Bonchev–Trinajstić information content (AvgIpc) is 2.56. The number of aromatic nitrogens is 2. The normalized spacial score (nSPS) is 10.8. The van der Waals surface area contributed by atoms with Crippen molar-refractivity contribution in [3.63, 3.8) is 0 Å². The van der Waals surface area contributed by atoms with Crippen LogP contribution >= 0.6 is 11.6 Å². The largest absolute Gasteiger partial charge is 0.324 e. The molecule has 1 aromatic heterocycles. The van der Waals surface area contributed by atoms with E-state index in [4.69, 9.17) is 17.3 Å². The van der Waals surface area contributed by atoms with E-state index in [2.05, 4.69) is 11.1 Å². The van der Waals surface area contributed by atoms with Crippen molar-refractivity contribution in [3.05, 3.63) is 40.8 Å². The van der Waals surface area contributed by atoms with Crippen molar-refractivity contribution in [2.75, 3.05) is 0 Å². The Morgan fingerprint density at radius 3 is 2.75 bits per heavy atom. The van der Waals surface area contributed by atoms with Crippen molar-refractivity contribution in [1.29, 1.82) is 0 Å². The minimum absolute atomic E-state index is 0.391. The third kappa shape index (κ3) is 1.84. The van der Waals surface area contributed by atoms with Crippen molar-refractivity contribution >= 4 is 11.6 Å². The summed E-state index contributed by atoms with van der Waals surface area (Å²) in [6.45, 7) is 2.44. The summed E-state index contributed by atoms with van der Waals surface area (Å²) in [5, 5.41) is 0.631. The van der Waals surface area contributed by atoms with Crippen LogP contribution in [0.1, 0.15) is 11.4 Å². The summed E-state index contributed by atoms with van der Waals surface area (Å²) < 4.78 is 1.82. The molecule has 0 fully saturated rings. The van der Waals surface area contributed by atoms with Gasteiger partial charge in [0, 0.05) is 12.6 Å². The Balaban J connectivity index is 2.56. The third-order valence-corrected chi connectivity index (χ3v) is 3.02. The van der Waals surface area contributed by atoms with Gasteiger partial charge in [-0.1, -0.05) is 35.4 Å². The summed E-state index contributed by atoms with van der Waals surface area (Å²) in [6, 6.07) is 8.11. The molecule has 4 heteroatoms. The lowest BCUT2D eigenvalue weighted by atomic mass is 10.1. The molecule has 3 nitrogen and oxygen atoms in total. The van der Waals surface area contributed by atoms with E-state index in [1.165, 1.54) is 5.56 Å². The Morgan fingerprint density at radius 2 is 2.19 bits per heavy atom. The second-order valence-corrected chi connectivity index (χ2v) is 4.16. The summed E-state index contributed by atoms with van der Waals surface area (Å²) in [5.41, 5.74) is 8.61. The molecule has 1 aromatic carbocycles. The topological polar surface area (TPSA) is 43.8 Å². The van der Waals surface area contributed by atoms with Crippen LogP contribution < -0.4 is 5.73 Å². The summed E-state index contributed by atoms with van der Waals surface area (Å²) in [5.74, 6) is 0.793. The molecule has 0 aliphatic rings. The molecule has 0 aliphatic carbocycles. The number of hydrogen-bond donors (Lipinski definition) is 1. The highest BCUT2D eigenvalue weighted by Crippen LogP contribution is 2.27. The van der Waals surface area contributed by atoms with Gasteiger partial charge in [0.05, 0.1) is 6.54 Å². The number of halogens is 1. The van der Waals surface area contributed by atoms with Crippen molar-refractivity contribution in [1.82, 2.24) is 9.55 Å². The van der Waals surface area contributed by atoms with Crippen LogP contribution in [0.5, 0.6) is 0 Å². The van der Waals surface area contributed by atoms with Crippen molar-refractivity contribution < 1.29 is 0 Å². The maximum absolute atomic E-state index is 6.22. The van der Waals surface area contributed by atoms with E-state index in [1.54, 1.807) is 0 Å². The SMILES string of the molecule is Cc1cccc(-c2nc(CN)n(C)c2Cl)c1. The minimum Gasteiger partial charge on any atom is -0.324 e. The quantitative estimate of drug-likeness (QED) is 0.869. The maximum atomic E-state index is 6.22. The van der Waals surface area contributed by atoms with Crippen LogP contribution in [0.3, 0.4) is 0 Å². The van der Waals surface area contributed by atoms with Gasteiger partial charge in [-0.2, -0.15) is 0 Å². The number of aryl methyl sites for hydroxylation is 1. The van der Waals surface area contributed by atoms with Gasteiger partial charge >= 0.3 is 0 Å². The molecule has 2 aromatic rings. The van der Waals surface area contributed by atoms with E-state index < -0.39 is 0 Å². The van der Waals surface area contributed by atoms with E-state index in [0.717, 1.165) is 17.1 Å². The van der Waals surface area contributed by atoms with Crippen LogP contribution in [0.4, 0.5) is 0 Å². The molecule has 0 saturated heterocycles. The van der Waals surface area contributed by atoms with Crippen LogP contribution in [0, 0.1) is 6.92 Å². The van der Waals surface area contributed by atoms with Crippen LogP contribution in [0.15, 0.2) is 24.3 Å². The van der Waals surface area contributed by atoms with Gasteiger partial charge in [-0.3, -0.25) is 0 Å². The van der Waals surface area contributed by atoms with Crippen LogP contribution in [-0.2, 0) is 13.6 Å². The Morgan fingerprint density at radius 1 is 1.44 bits per heavy atom. The maximum Gasteiger partial charge on any atom is 0.136 e. The predicted molar refractivity (Wildman–Crippen MR) is 66.3 cm³/mol. The number of imidazole rings is 1. The summed E-state index contributed by atoms with van der Waals surface area (Å²) >= 11 is 6.22. The standard InChI is InChI=1S/C12H14ClN3/c1-8-4-3-5-9(6-8)11-12(13)16(2)10(7-14)15-11/h3-6H,7,14H2,1-2H3. The number of benzene rings is 1. The number of hydrogen-bond acceptors (Lipinski definition) is 2. The second kappa shape index (κ2) is 4.28. The van der Waals surface area contributed by atoms with Gasteiger partial charge in [-0.15, -0.1) is 0 Å². The predicted octanol–water partition coefficient (Wildman–Crippen LogP) is 2.51. The molecule has 1 heterocycles. The molecule has 0 atom stereocenters. The van der Waals surface area contributed by atoms with Crippen LogP contribution in [0.2, 0.25) is 5.15 Å². The monoisotopic (exact) mass is 235 g/mol. The smallest absolute Gasteiger partial charge is 0.136 e. The minimum atomic E-state index is 0.391. The first-order chi connectivity index (χ1) is 7.63. The highest BCUT2D eigenvalue weighted by molar-refractivity contribution is 6.32. The first-order valence-corrected chi connectivity index (χ1v) is 5.49. The Labute approximate surface area is 99.9 Å². The highest BCUT2D eigenvalue weighted by atomic mass is 35.5. The zero-order chi connectivity index (χ0) is 11.7. The Kier molecular flexibility index (Phi) is 2.99. The van der Waals surface area contributed by atoms with Gasteiger partial charge < -0.3 is 10.3 Å². The number of rotatable bonds is 2. The van der Waals surface area contributed by atoms with Gasteiger partial charge in [0.2, 0.25) is 0 Å². The molecule has 2 N–H and O–H groups in total. The summed E-state index contributed by atoms with van der Waals surface area (Å²) in [6.07, 6.45) is 0. The van der Waals surface area contributed by atoms with Crippen molar-refractivity contribution in [2.24, 2.45) is 12.8 Å². The van der Waals surface area contributed by atoms with Gasteiger partial charge in [0.25, 0.3) is 0 Å². The molecule has 0 radical (unpaired) electrons. The van der Waals surface area contributed by atoms with E-state index in [9.17, 15) is 0 Å². The van der Waals surface area contributed by atoms with Crippen LogP contribution in [-0.4, -0.2) is 9.55 Å². The fourth-order valence-corrected chi connectivity index (χ4v) is 1.93. The van der Waals surface area contributed by atoms with Gasteiger partial charge in [0.15, 0.2) is 0 Å². The molecule has 0 bridgehead atoms. The Bertz CT molecular complexity index is 517. The molecule has 84 valence electrons. The van der Waals surface area contributed by atoms with Gasteiger partial charge in [-0.25, -0.2) is 4.98 Å². The number of nitrogens with two attached hydrogens (primary N) is 1. The lowest BCUT2D eigenvalue weighted by Gasteiger charge is -2.00. The van der Waals surface area contributed by atoms with Crippen LogP contribution in [0.25, 0.3) is 11.3 Å². The van der Waals surface area contributed by atoms with Gasteiger partial charge in [-0.05, 0) is 13.0 Å². The summed E-state index contributed by atoms with van der Waals surface area (Å²) in [7, 11) is 1.87. The molecule has 0 amide bonds. The fraction of sp³-hybridized carbons (Fsp3) is 0.250. The van der Waals surface area contributed by atoms with Gasteiger partial charge in [0.1, 0.15) is 16.7 Å². The molecular weight excluding hydrogens is 222 g/mol. The molecular formula is C12H14ClN3. The fourth-order valence-electron chi connectivity index (χ4n) is 1.68. The molecule has 16 heavy (non-hydrogen) atoms. The molecule has 0 aliphatic heterocycles. The van der Waals surface area contributed by atoms with E-state index in [1.807, 2.05) is 36.7 Å². The lowest BCUT2D eigenvalue weighted by molar-refractivity contribution is 0.794. The van der Waals surface area contributed by atoms with E-state index in [-0.39, 0.29) is 0 Å². The number of nitrogens with zero attached hydrogens (tertiary/aromatic N) is 2. The zero-order valence-corrected chi connectivity index (χ0v) is 10.1. The lowest BCUT2D eigenvalue weighted by Crippen LogP contribution is -2.04. The average molecular weight is 236 g/mol. The van der Waals surface area contributed by atoms with Crippen molar-refractivity contribution in [3.8, 4) is 11.3 Å². The molecule has 0 spiro atoms.